The number of aryl methyl sites for hydroxylation is 1. The van der Waals surface area contributed by atoms with Crippen molar-refractivity contribution >= 4 is 28.3 Å². The fraction of sp³-hybridized carbons (Fsp3) is 0.227. The van der Waals surface area contributed by atoms with Gasteiger partial charge in [0.15, 0.2) is 0 Å². The van der Waals surface area contributed by atoms with Crippen LogP contribution in [0.3, 0.4) is 0 Å². The summed E-state index contributed by atoms with van der Waals surface area (Å²) in [7, 11) is 1.78. The van der Waals surface area contributed by atoms with Gasteiger partial charge in [0.05, 0.1) is 5.39 Å². The number of hydrogen-bond donors (Lipinski definition) is 0. The molecular formula is C22H22N4O2. The molecule has 0 saturated carbocycles. The summed E-state index contributed by atoms with van der Waals surface area (Å²) in [6, 6.07) is 16.7. The highest BCUT2D eigenvalue weighted by molar-refractivity contribution is 6.07. The van der Waals surface area contributed by atoms with Crippen molar-refractivity contribution in [2.24, 2.45) is 7.05 Å². The smallest absolute Gasteiger partial charge is 0.274 e. The van der Waals surface area contributed by atoms with Gasteiger partial charge in [0, 0.05) is 25.5 Å². The lowest BCUT2D eigenvalue weighted by Gasteiger charge is -2.23. The lowest BCUT2D eigenvalue weighted by atomic mass is 10.2. The Bertz CT molecular complexity index is 1210. The molecule has 0 saturated heterocycles. The molecule has 6 heteroatoms. The number of anilines is 1. The lowest BCUT2D eigenvalue weighted by Crippen LogP contribution is -2.33. The molecule has 4 rings (SSSR count). The van der Waals surface area contributed by atoms with E-state index in [1.165, 1.54) is 4.40 Å². The highest BCUT2D eigenvalue weighted by atomic mass is 16.2. The summed E-state index contributed by atoms with van der Waals surface area (Å²) in [5, 5.41) is 0.443. The Kier molecular flexibility index (Phi) is 4.69. The third-order valence-corrected chi connectivity index (χ3v) is 4.98. The van der Waals surface area contributed by atoms with Gasteiger partial charge in [-0.2, -0.15) is 0 Å². The van der Waals surface area contributed by atoms with Crippen molar-refractivity contribution < 1.29 is 4.79 Å². The number of aromatic nitrogens is 3. The first kappa shape index (κ1) is 18.0. The standard InChI is InChI=1S/C22H22N4O2/c1-3-4-13-25(16-10-6-5-7-11-16)22(28)18-15-17-20(24(18)2)23-19-12-8-9-14-26(19)21(17)27/h5-12,14-15H,3-4,13H2,1-2H3. The molecule has 4 aromatic rings. The molecule has 3 aromatic heterocycles. The highest BCUT2D eigenvalue weighted by Crippen LogP contribution is 2.21. The number of amides is 1. The number of fused-ring (bicyclic) bond motifs is 2. The van der Waals surface area contributed by atoms with Crippen molar-refractivity contribution in [3.8, 4) is 0 Å². The van der Waals surface area contributed by atoms with Crippen LogP contribution in [0, 0.1) is 0 Å². The van der Waals surface area contributed by atoms with E-state index in [1.807, 2.05) is 36.4 Å². The zero-order chi connectivity index (χ0) is 19.7. The van der Waals surface area contributed by atoms with E-state index in [0.717, 1.165) is 18.5 Å². The van der Waals surface area contributed by atoms with Crippen LogP contribution >= 0.6 is 0 Å². The molecule has 0 atom stereocenters. The first-order chi connectivity index (χ1) is 13.6. The molecular weight excluding hydrogens is 352 g/mol. The summed E-state index contributed by atoms with van der Waals surface area (Å²) >= 11 is 0. The van der Waals surface area contributed by atoms with Gasteiger partial charge in [-0.3, -0.25) is 14.0 Å². The van der Waals surface area contributed by atoms with Crippen LogP contribution in [0.4, 0.5) is 5.69 Å². The van der Waals surface area contributed by atoms with Crippen molar-refractivity contribution in [3.05, 3.63) is 76.8 Å². The molecule has 0 aliphatic rings. The fourth-order valence-corrected chi connectivity index (χ4v) is 3.44. The molecule has 3 heterocycles. The third-order valence-electron chi connectivity index (χ3n) is 4.98. The van der Waals surface area contributed by atoms with Crippen molar-refractivity contribution in [1.82, 2.24) is 14.0 Å². The van der Waals surface area contributed by atoms with E-state index >= 15 is 0 Å². The fourth-order valence-electron chi connectivity index (χ4n) is 3.44. The van der Waals surface area contributed by atoms with Crippen LogP contribution in [-0.4, -0.2) is 26.4 Å². The van der Waals surface area contributed by atoms with E-state index in [2.05, 4.69) is 11.9 Å². The molecule has 0 unspecified atom stereocenters. The second-order valence-electron chi connectivity index (χ2n) is 6.82. The van der Waals surface area contributed by atoms with Gasteiger partial charge in [0.25, 0.3) is 11.5 Å². The summed E-state index contributed by atoms with van der Waals surface area (Å²) in [5.41, 5.74) is 2.21. The molecule has 0 radical (unpaired) electrons. The van der Waals surface area contributed by atoms with Gasteiger partial charge in [-0.25, -0.2) is 4.98 Å². The number of pyridine rings is 1. The normalized spacial score (nSPS) is 11.2. The Labute approximate surface area is 162 Å². The summed E-state index contributed by atoms with van der Waals surface area (Å²) in [4.78, 5) is 32.7. The maximum Gasteiger partial charge on any atom is 0.274 e. The summed E-state index contributed by atoms with van der Waals surface area (Å²) < 4.78 is 3.22. The predicted octanol–water partition coefficient (Wildman–Crippen LogP) is 3.63. The van der Waals surface area contributed by atoms with Crippen molar-refractivity contribution in [2.45, 2.75) is 19.8 Å². The first-order valence-electron chi connectivity index (χ1n) is 9.45. The molecule has 0 bridgehead atoms. The number of carbonyl (C=O) groups is 1. The highest BCUT2D eigenvalue weighted by Gasteiger charge is 2.23. The van der Waals surface area contributed by atoms with E-state index in [4.69, 9.17) is 0 Å². The quantitative estimate of drug-likeness (QED) is 0.536. The minimum absolute atomic E-state index is 0.131. The van der Waals surface area contributed by atoms with Gasteiger partial charge in [-0.1, -0.05) is 37.6 Å². The van der Waals surface area contributed by atoms with Gasteiger partial charge < -0.3 is 9.47 Å². The van der Waals surface area contributed by atoms with Gasteiger partial charge in [-0.15, -0.1) is 0 Å². The molecule has 6 nitrogen and oxygen atoms in total. The number of para-hydroxylation sites is 1. The maximum absolute atomic E-state index is 13.4. The summed E-state index contributed by atoms with van der Waals surface area (Å²) in [6.07, 6.45) is 3.57. The monoisotopic (exact) mass is 374 g/mol. The van der Waals surface area contributed by atoms with Crippen LogP contribution in [0.5, 0.6) is 0 Å². The Morgan fingerprint density at radius 2 is 1.86 bits per heavy atom. The van der Waals surface area contributed by atoms with Crippen LogP contribution in [-0.2, 0) is 7.05 Å². The van der Waals surface area contributed by atoms with E-state index < -0.39 is 0 Å². The van der Waals surface area contributed by atoms with Crippen LogP contribution in [0.25, 0.3) is 16.7 Å². The van der Waals surface area contributed by atoms with Gasteiger partial charge in [0.1, 0.15) is 17.0 Å². The average molecular weight is 374 g/mol. The van der Waals surface area contributed by atoms with Gasteiger partial charge in [0.2, 0.25) is 0 Å². The predicted molar refractivity (Wildman–Crippen MR) is 111 cm³/mol. The number of carbonyl (C=O) groups excluding carboxylic acids is 1. The van der Waals surface area contributed by atoms with Crippen molar-refractivity contribution in [3.63, 3.8) is 0 Å². The second-order valence-corrected chi connectivity index (χ2v) is 6.82. The Hall–Kier alpha value is -3.41. The van der Waals surface area contributed by atoms with Crippen molar-refractivity contribution in [1.29, 1.82) is 0 Å². The zero-order valence-corrected chi connectivity index (χ0v) is 16.0. The van der Waals surface area contributed by atoms with Crippen molar-refractivity contribution in [2.75, 3.05) is 11.4 Å². The van der Waals surface area contributed by atoms with E-state index in [9.17, 15) is 9.59 Å². The Morgan fingerprint density at radius 1 is 1.11 bits per heavy atom. The number of rotatable bonds is 5. The molecule has 0 fully saturated rings. The largest absolute Gasteiger partial charge is 0.324 e. The van der Waals surface area contributed by atoms with E-state index in [-0.39, 0.29) is 11.5 Å². The van der Waals surface area contributed by atoms with Crippen LogP contribution in [0.2, 0.25) is 0 Å². The average Bonchev–Trinajstić information content (AvgIpc) is 3.06. The second kappa shape index (κ2) is 7.31. The topological polar surface area (TPSA) is 59.6 Å². The summed E-state index contributed by atoms with van der Waals surface area (Å²) in [6.45, 7) is 2.72. The van der Waals surface area contributed by atoms with Crippen LogP contribution < -0.4 is 10.5 Å². The molecule has 28 heavy (non-hydrogen) atoms. The molecule has 0 aliphatic carbocycles. The molecule has 1 aromatic carbocycles. The van der Waals surface area contributed by atoms with Crippen LogP contribution in [0.1, 0.15) is 30.3 Å². The van der Waals surface area contributed by atoms with Gasteiger partial charge >= 0.3 is 0 Å². The molecule has 142 valence electrons. The molecule has 1 amide bonds. The first-order valence-corrected chi connectivity index (χ1v) is 9.45. The SMILES string of the molecule is CCCCN(C(=O)c1cc2c(=O)n3ccccc3nc2n1C)c1ccccc1. The molecule has 0 N–H and O–H groups in total. The third kappa shape index (κ3) is 2.97. The number of nitrogens with zero attached hydrogens (tertiary/aromatic N) is 4. The molecule has 0 aliphatic heterocycles. The Balaban J connectivity index is 1.86. The van der Waals surface area contributed by atoms with Gasteiger partial charge in [-0.05, 0) is 36.8 Å². The maximum atomic E-state index is 13.4. The van der Waals surface area contributed by atoms with Crippen LogP contribution in [0.15, 0.2) is 65.6 Å². The number of benzene rings is 1. The Morgan fingerprint density at radius 3 is 2.61 bits per heavy atom. The number of hydrogen-bond acceptors (Lipinski definition) is 3. The summed E-state index contributed by atoms with van der Waals surface area (Å²) in [5.74, 6) is -0.131. The lowest BCUT2D eigenvalue weighted by molar-refractivity contribution is 0.0979. The van der Waals surface area contributed by atoms with E-state index in [0.29, 0.717) is 28.9 Å². The van der Waals surface area contributed by atoms with E-state index in [1.54, 1.807) is 40.9 Å². The minimum Gasteiger partial charge on any atom is -0.324 e. The minimum atomic E-state index is -0.171. The zero-order valence-electron chi connectivity index (χ0n) is 16.0. The molecule has 0 spiro atoms. The number of unbranched alkanes of at least 4 members (excludes halogenated alkanes) is 1.